The third-order valence-electron chi connectivity index (χ3n) is 2.90. The highest BCUT2D eigenvalue weighted by atomic mass is 19.1. The van der Waals surface area contributed by atoms with E-state index in [0.717, 1.165) is 23.6 Å². The molecule has 1 heterocycles. The first kappa shape index (κ1) is 13.5. The number of ether oxygens (including phenoxy) is 1. The molecule has 1 aromatic carbocycles. The molecule has 0 spiro atoms. The van der Waals surface area contributed by atoms with Gasteiger partial charge in [-0.15, -0.1) is 0 Å². The van der Waals surface area contributed by atoms with Crippen molar-refractivity contribution in [3.63, 3.8) is 0 Å². The fourth-order valence-electron chi connectivity index (χ4n) is 1.95. The van der Waals surface area contributed by atoms with Gasteiger partial charge >= 0.3 is 0 Å². The predicted molar refractivity (Wildman–Crippen MR) is 72.7 cm³/mol. The number of nitrogens with zero attached hydrogens (tertiary/aromatic N) is 1. The molecular formula is C15H17FN2O. The third kappa shape index (κ3) is 3.29. The van der Waals surface area contributed by atoms with E-state index < -0.39 is 0 Å². The second-order valence-corrected chi connectivity index (χ2v) is 4.17. The maximum absolute atomic E-state index is 12.9. The average Bonchev–Trinajstić information content (AvgIpc) is 2.46. The number of aromatic nitrogens is 1. The molecule has 0 aliphatic heterocycles. The highest BCUT2D eigenvalue weighted by molar-refractivity contribution is 5.33. The zero-order valence-corrected chi connectivity index (χ0v) is 11.1. The third-order valence-corrected chi connectivity index (χ3v) is 2.90. The van der Waals surface area contributed by atoms with Crippen LogP contribution in [-0.2, 0) is 0 Å². The molecular weight excluding hydrogens is 243 g/mol. The lowest BCUT2D eigenvalue weighted by Crippen LogP contribution is -2.22. The van der Waals surface area contributed by atoms with Gasteiger partial charge in [0.2, 0.25) is 0 Å². The average molecular weight is 260 g/mol. The van der Waals surface area contributed by atoms with Gasteiger partial charge in [0.05, 0.1) is 25.0 Å². The van der Waals surface area contributed by atoms with Gasteiger partial charge in [0.1, 0.15) is 11.6 Å². The number of hydrogen-bond acceptors (Lipinski definition) is 3. The fourth-order valence-corrected chi connectivity index (χ4v) is 1.95. The maximum atomic E-state index is 12.9. The summed E-state index contributed by atoms with van der Waals surface area (Å²) in [7, 11) is 1.64. The Bertz CT molecular complexity index is 511. The molecule has 1 N–H and O–H groups in total. The van der Waals surface area contributed by atoms with E-state index >= 15 is 0 Å². The van der Waals surface area contributed by atoms with Crippen molar-refractivity contribution in [2.45, 2.75) is 13.0 Å². The predicted octanol–water partition coefficient (Wildman–Crippen LogP) is 2.93. The summed E-state index contributed by atoms with van der Waals surface area (Å²) in [5.41, 5.74) is 1.87. The number of hydrogen-bond donors (Lipinski definition) is 1. The van der Waals surface area contributed by atoms with Gasteiger partial charge in [-0.3, -0.25) is 4.98 Å². The number of pyridine rings is 1. The quantitative estimate of drug-likeness (QED) is 0.897. The molecule has 4 heteroatoms. The van der Waals surface area contributed by atoms with Crippen LogP contribution < -0.4 is 10.1 Å². The zero-order valence-electron chi connectivity index (χ0n) is 11.1. The summed E-state index contributed by atoms with van der Waals surface area (Å²) < 4.78 is 18.1. The van der Waals surface area contributed by atoms with Crippen molar-refractivity contribution in [2.24, 2.45) is 0 Å². The second kappa shape index (κ2) is 6.29. The van der Waals surface area contributed by atoms with Crippen LogP contribution in [0.15, 0.2) is 42.6 Å². The minimum absolute atomic E-state index is 0.0449. The number of halogens is 1. The number of benzene rings is 1. The number of nitrogens with one attached hydrogen (secondary N) is 1. The Morgan fingerprint density at radius 3 is 2.47 bits per heavy atom. The lowest BCUT2D eigenvalue weighted by molar-refractivity contribution is 0.414. The Hall–Kier alpha value is -1.94. The fraction of sp³-hybridized carbons (Fsp3) is 0.267. The summed E-state index contributed by atoms with van der Waals surface area (Å²) in [6.07, 6.45) is 1.24. The second-order valence-electron chi connectivity index (χ2n) is 4.17. The van der Waals surface area contributed by atoms with Crippen molar-refractivity contribution in [2.75, 3.05) is 13.7 Å². The Morgan fingerprint density at radius 1 is 1.21 bits per heavy atom. The van der Waals surface area contributed by atoms with E-state index in [0.29, 0.717) is 0 Å². The van der Waals surface area contributed by atoms with Crippen LogP contribution in [0.2, 0.25) is 0 Å². The van der Waals surface area contributed by atoms with Crippen LogP contribution in [0.25, 0.3) is 0 Å². The van der Waals surface area contributed by atoms with Crippen LogP contribution in [0.5, 0.6) is 5.75 Å². The van der Waals surface area contributed by atoms with Crippen LogP contribution in [0.4, 0.5) is 4.39 Å². The van der Waals surface area contributed by atoms with Gasteiger partial charge in [0.25, 0.3) is 0 Å². The first-order valence-electron chi connectivity index (χ1n) is 6.23. The van der Waals surface area contributed by atoms with E-state index in [4.69, 9.17) is 4.74 Å². The van der Waals surface area contributed by atoms with Crippen LogP contribution in [0.3, 0.4) is 0 Å². The topological polar surface area (TPSA) is 34.1 Å². The summed E-state index contributed by atoms with van der Waals surface area (Å²) in [5, 5.41) is 3.35. The Balaban J connectivity index is 2.30. The van der Waals surface area contributed by atoms with E-state index in [9.17, 15) is 4.39 Å². The van der Waals surface area contributed by atoms with Crippen molar-refractivity contribution >= 4 is 0 Å². The van der Waals surface area contributed by atoms with Crippen molar-refractivity contribution in [3.8, 4) is 5.75 Å². The molecule has 2 rings (SSSR count). The summed E-state index contributed by atoms with van der Waals surface area (Å²) in [4.78, 5) is 4.15. The van der Waals surface area contributed by atoms with Gasteiger partial charge < -0.3 is 10.1 Å². The minimum Gasteiger partial charge on any atom is -0.497 e. The largest absolute Gasteiger partial charge is 0.497 e. The lowest BCUT2D eigenvalue weighted by Gasteiger charge is -2.18. The Kier molecular flexibility index (Phi) is 4.47. The summed E-state index contributed by atoms with van der Waals surface area (Å²) in [6.45, 7) is 2.83. The number of methoxy groups -OCH3 is 1. The molecule has 100 valence electrons. The van der Waals surface area contributed by atoms with Gasteiger partial charge in [0.15, 0.2) is 0 Å². The van der Waals surface area contributed by atoms with Gasteiger partial charge in [0, 0.05) is 0 Å². The molecule has 19 heavy (non-hydrogen) atoms. The van der Waals surface area contributed by atoms with E-state index in [1.807, 2.05) is 31.2 Å². The molecule has 1 unspecified atom stereocenters. The molecule has 0 fully saturated rings. The van der Waals surface area contributed by atoms with E-state index in [2.05, 4.69) is 10.3 Å². The van der Waals surface area contributed by atoms with Crippen molar-refractivity contribution in [3.05, 3.63) is 59.7 Å². The molecule has 0 aliphatic carbocycles. The SMILES string of the molecule is CCNC(c1ccc(OC)cc1)c1ccc(F)cn1. The lowest BCUT2D eigenvalue weighted by atomic mass is 10.0. The first-order valence-corrected chi connectivity index (χ1v) is 6.23. The molecule has 1 aromatic heterocycles. The Labute approximate surface area is 112 Å². The maximum Gasteiger partial charge on any atom is 0.141 e. The van der Waals surface area contributed by atoms with E-state index in [1.54, 1.807) is 13.2 Å². The summed E-state index contributed by atoms with van der Waals surface area (Å²) >= 11 is 0. The molecule has 0 saturated heterocycles. The molecule has 0 aliphatic rings. The zero-order chi connectivity index (χ0) is 13.7. The molecule has 2 aromatic rings. The molecule has 1 atom stereocenters. The van der Waals surface area contributed by atoms with Crippen molar-refractivity contribution in [1.82, 2.24) is 10.3 Å². The van der Waals surface area contributed by atoms with Gasteiger partial charge in [-0.05, 0) is 36.4 Å². The van der Waals surface area contributed by atoms with Crippen LogP contribution >= 0.6 is 0 Å². The van der Waals surface area contributed by atoms with Gasteiger partial charge in [-0.1, -0.05) is 19.1 Å². The Morgan fingerprint density at radius 2 is 1.95 bits per heavy atom. The highest BCUT2D eigenvalue weighted by Crippen LogP contribution is 2.22. The monoisotopic (exact) mass is 260 g/mol. The van der Waals surface area contributed by atoms with Crippen LogP contribution in [0, 0.1) is 5.82 Å². The minimum atomic E-state index is -0.325. The molecule has 3 nitrogen and oxygen atoms in total. The summed E-state index contributed by atoms with van der Waals surface area (Å²) in [5.74, 6) is 0.486. The molecule has 0 bridgehead atoms. The van der Waals surface area contributed by atoms with Gasteiger partial charge in [-0.25, -0.2) is 4.39 Å². The van der Waals surface area contributed by atoms with Crippen LogP contribution in [-0.4, -0.2) is 18.6 Å². The standard InChI is InChI=1S/C15H17FN2O/c1-3-17-15(14-9-6-12(16)10-18-14)11-4-7-13(19-2)8-5-11/h4-10,15,17H,3H2,1-2H3. The van der Waals surface area contributed by atoms with Crippen molar-refractivity contribution in [1.29, 1.82) is 0 Å². The van der Waals surface area contributed by atoms with Crippen molar-refractivity contribution < 1.29 is 9.13 Å². The highest BCUT2D eigenvalue weighted by Gasteiger charge is 2.14. The first-order chi connectivity index (χ1) is 9.24. The summed E-state index contributed by atoms with van der Waals surface area (Å²) in [6, 6.07) is 10.9. The normalized spacial score (nSPS) is 12.2. The number of rotatable bonds is 5. The molecule has 0 saturated carbocycles. The molecule has 0 radical (unpaired) electrons. The van der Waals surface area contributed by atoms with Gasteiger partial charge in [-0.2, -0.15) is 0 Å². The molecule has 0 amide bonds. The van der Waals surface area contributed by atoms with E-state index in [1.165, 1.54) is 12.3 Å². The van der Waals surface area contributed by atoms with E-state index in [-0.39, 0.29) is 11.9 Å². The van der Waals surface area contributed by atoms with Crippen LogP contribution in [0.1, 0.15) is 24.2 Å². The smallest absolute Gasteiger partial charge is 0.141 e.